The molecule has 0 bridgehead atoms. The summed E-state index contributed by atoms with van der Waals surface area (Å²) in [5.74, 6) is -6.40. The van der Waals surface area contributed by atoms with Gasteiger partial charge in [0.1, 0.15) is 30.8 Å². The first-order valence-corrected chi connectivity index (χ1v) is 30.5. The minimum absolute atomic E-state index is 0.0361. The summed E-state index contributed by atoms with van der Waals surface area (Å²) in [7, 11) is 0. The molecular weight excluding hydrogens is 1170 g/mol. The maximum Gasteiger partial charge on any atom is 0.410 e. The van der Waals surface area contributed by atoms with E-state index in [1.54, 1.807) is 70.2 Å². The van der Waals surface area contributed by atoms with Crippen molar-refractivity contribution in [2.45, 2.75) is 199 Å². The van der Waals surface area contributed by atoms with E-state index >= 15 is 0 Å². The first-order valence-electron chi connectivity index (χ1n) is 30.5. The largest absolute Gasteiger partial charge is 0.457 e. The van der Waals surface area contributed by atoms with E-state index in [1.807, 2.05) is 13.8 Å². The van der Waals surface area contributed by atoms with Crippen LogP contribution in [0.15, 0.2) is 72.4 Å². The number of esters is 2. The van der Waals surface area contributed by atoms with Gasteiger partial charge in [0.05, 0.1) is 42.9 Å². The van der Waals surface area contributed by atoms with Gasteiger partial charge in [-0.25, -0.2) is 9.59 Å². The Morgan fingerprint density at radius 2 is 1.49 bits per heavy atom. The van der Waals surface area contributed by atoms with Crippen LogP contribution in [0.5, 0.6) is 0 Å². The van der Waals surface area contributed by atoms with Crippen LogP contribution in [0.3, 0.4) is 0 Å². The highest BCUT2D eigenvalue weighted by atomic mass is 16.6. The standard InChI is InChI=1S/C63H90N8O19/c1-10-47(74)39(4)56-48(88-56)35-62(8,85)26-14-15-37(2)55-38(3)17-22-49(87-42(7)72)63(9,27-25-45(73)33-54(79)89-55)90-61(84)70-31-29-69(30-32-70)60(83)86-36-43-18-20-44(21-19-43)67-59(82)46(34-50(64)75)68-58(81)41(6)66-57(80)40(5)65-51(76)16-12-11-13-28-71-52(77)23-24-53(71)78/h14-15,17-24,26,38-41,45-49,55-56,73-74,85H,10-13,16,25,27-36H2,1-9H3,(H2,64,75)(H,65,76)(H,66,80)(H,67,82)(H,68,81)/b22-17-,26-14+,37-15+/t38-,39+,40-,41-,45+,46-,47-,48+,49-,55+,56+,62-,63+/m0/s1. The van der Waals surface area contributed by atoms with E-state index in [-0.39, 0.29) is 101 Å². The van der Waals surface area contributed by atoms with Crippen LogP contribution in [0.2, 0.25) is 0 Å². The Morgan fingerprint density at radius 3 is 2.11 bits per heavy atom. The monoisotopic (exact) mass is 1260 g/mol. The predicted molar refractivity (Wildman–Crippen MR) is 324 cm³/mol. The minimum atomic E-state index is -1.56. The van der Waals surface area contributed by atoms with Crippen molar-refractivity contribution < 1.29 is 91.7 Å². The van der Waals surface area contributed by atoms with E-state index < -0.39 is 120 Å². The third kappa shape index (κ3) is 22.8. The number of allylic oxidation sites excluding steroid dienone is 2. The molecule has 0 aromatic heterocycles. The number of nitrogens with two attached hydrogens (primary N) is 1. The first kappa shape index (κ1) is 72.7. The van der Waals surface area contributed by atoms with Crippen LogP contribution in [-0.4, -0.2) is 194 Å². The molecule has 27 nitrogen and oxygen atoms in total. The number of cyclic esters (lactones) is 1. The Labute approximate surface area is 524 Å². The fourth-order valence-corrected chi connectivity index (χ4v) is 10.4. The van der Waals surface area contributed by atoms with Gasteiger partial charge in [0, 0.05) is 82.2 Å². The molecular formula is C63H90N8O19. The number of nitrogens with zero attached hydrogens (tertiary/aromatic N) is 3. The molecule has 90 heavy (non-hydrogen) atoms. The summed E-state index contributed by atoms with van der Waals surface area (Å²) in [5.41, 5.74) is 3.96. The number of hydrogen-bond donors (Lipinski definition) is 8. The van der Waals surface area contributed by atoms with Crippen molar-refractivity contribution in [3.63, 3.8) is 0 Å². The van der Waals surface area contributed by atoms with Gasteiger partial charge in [-0.2, -0.15) is 0 Å². The Hall–Kier alpha value is -8.01. The molecule has 1 aromatic carbocycles. The number of epoxide rings is 1. The number of nitrogens with one attached hydrogen (secondary N) is 4. The Morgan fingerprint density at radius 1 is 0.867 bits per heavy atom. The SMILES string of the molecule is CC[C@H](O)[C@@H](C)[C@H]1O[C@@H]1C[C@@](C)(O)/C=C/C=C(\C)[C@H]1OC(=O)C[C@H](O)CC[C@@](C)(OC(=O)N2CCN(C(=O)OCc3ccc(NC(=O)[C@H](CC(N)=O)NC(=O)[C@H](C)NC(=O)[C@H](C)NC(=O)CCCCCN4C(=O)C=CC4=O)cc3)CC2)[C@@H](OC(C)=O)/C=C\[C@@H]1C. The molecule has 0 spiro atoms. The van der Waals surface area contributed by atoms with Gasteiger partial charge in [-0.05, 0) is 96.1 Å². The van der Waals surface area contributed by atoms with Crippen molar-refractivity contribution in [3.05, 3.63) is 77.9 Å². The molecule has 0 aliphatic carbocycles. The molecule has 9 amide bonds. The van der Waals surface area contributed by atoms with Gasteiger partial charge in [-0.1, -0.05) is 63.6 Å². The van der Waals surface area contributed by atoms with Gasteiger partial charge in [0.2, 0.25) is 29.5 Å². The molecule has 0 saturated carbocycles. The lowest BCUT2D eigenvalue weighted by atomic mass is 9.88. The van der Waals surface area contributed by atoms with Crippen LogP contribution in [0.25, 0.3) is 0 Å². The molecule has 5 rings (SSSR count). The number of ether oxygens (including phenoxy) is 5. The fourth-order valence-electron chi connectivity index (χ4n) is 10.4. The van der Waals surface area contributed by atoms with E-state index in [1.165, 1.54) is 54.9 Å². The Bertz CT molecular complexity index is 2850. The number of amides is 9. The number of carbonyl (C=O) groups is 11. The number of aliphatic hydroxyl groups is 3. The molecule has 496 valence electrons. The second-order valence-electron chi connectivity index (χ2n) is 24.0. The summed E-state index contributed by atoms with van der Waals surface area (Å²) < 4.78 is 29.2. The molecule has 13 atom stereocenters. The number of rotatable bonds is 27. The lowest BCUT2D eigenvalue weighted by molar-refractivity contribution is -0.158. The predicted octanol–water partition coefficient (Wildman–Crippen LogP) is 3.03. The van der Waals surface area contributed by atoms with Gasteiger partial charge >= 0.3 is 24.1 Å². The fraction of sp³-hybridized carbons (Fsp3) is 0.603. The van der Waals surface area contributed by atoms with Crippen LogP contribution in [0.4, 0.5) is 15.3 Å². The van der Waals surface area contributed by atoms with Crippen LogP contribution >= 0.6 is 0 Å². The van der Waals surface area contributed by atoms with Gasteiger partial charge in [-0.15, -0.1) is 0 Å². The first-order chi connectivity index (χ1) is 42.4. The number of unbranched alkanes of at least 4 members (excludes halogenated alkanes) is 2. The second kappa shape index (κ2) is 33.7. The molecule has 4 heterocycles. The molecule has 2 fully saturated rings. The third-order valence-corrected chi connectivity index (χ3v) is 16.1. The van der Waals surface area contributed by atoms with Gasteiger partial charge in [0.15, 0.2) is 11.7 Å². The van der Waals surface area contributed by atoms with Gasteiger partial charge in [0.25, 0.3) is 11.8 Å². The second-order valence-corrected chi connectivity index (χ2v) is 24.0. The maximum absolute atomic E-state index is 13.9. The van der Waals surface area contributed by atoms with Crippen LogP contribution in [0, 0.1) is 11.8 Å². The zero-order valence-electron chi connectivity index (χ0n) is 52.8. The number of anilines is 1. The molecule has 2 saturated heterocycles. The summed E-state index contributed by atoms with van der Waals surface area (Å²) in [6.45, 7) is 14.8. The molecule has 4 aliphatic heterocycles. The summed E-state index contributed by atoms with van der Waals surface area (Å²) in [6.07, 6.45) is 6.43. The van der Waals surface area contributed by atoms with Crippen molar-refractivity contribution in [1.82, 2.24) is 30.7 Å². The number of hydrogen-bond acceptors (Lipinski definition) is 19. The average molecular weight is 1260 g/mol. The molecule has 0 radical (unpaired) electrons. The highest BCUT2D eigenvalue weighted by Gasteiger charge is 2.47. The van der Waals surface area contributed by atoms with Crippen LogP contribution in [0.1, 0.15) is 132 Å². The number of primary amides is 1. The molecule has 1 aromatic rings. The molecule has 27 heteroatoms. The minimum Gasteiger partial charge on any atom is -0.457 e. The van der Waals surface area contributed by atoms with Crippen molar-refractivity contribution >= 4 is 71.2 Å². The highest BCUT2D eigenvalue weighted by molar-refractivity contribution is 6.12. The number of imide groups is 1. The maximum atomic E-state index is 13.9. The summed E-state index contributed by atoms with van der Waals surface area (Å²) in [4.78, 5) is 144. The average Bonchev–Trinajstić information content (AvgIpc) is 1.70. The quantitative estimate of drug-likeness (QED) is 0.0119. The van der Waals surface area contributed by atoms with E-state index in [2.05, 4.69) is 21.3 Å². The van der Waals surface area contributed by atoms with Crippen molar-refractivity contribution in [2.24, 2.45) is 17.6 Å². The summed E-state index contributed by atoms with van der Waals surface area (Å²) >= 11 is 0. The lowest BCUT2D eigenvalue weighted by Crippen LogP contribution is -2.55. The topological polar surface area (TPSA) is 382 Å². The van der Waals surface area contributed by atoms with E-state index in [0.29, 0.717) is 43.2 Å². The number of carbonyl (C=O) groups excluding carboxylic acids is 11. The Balaban J connectivity index is 1.09. The number of piperazine rings is 1. The number of benzene rings is 1. The smallest absolute Gasteiger partial charge is 0.410 e. The number of aliphatic hydroxyl groups excluding tert-OH is 2. The molecule has 0 unspecified atom stereocenters. The van der Waals surface area contributed by atoms with Crippen molar-refractivity contribution in [2.75, 3.05) is 38.0 Å². The third-order valence-electron chi connectivity index (χ3n) is 16.1. The summed E-state index contributed by atoms with van der Waals surface area (Å²) in [6, 6.07) is 2.42. The van der Waals surface area contributed by atoms with Crippen molar-refractivity contribution in [3.8, 4) is 0 Å². The molecule has 9 N–H and O–H groups in total. The highest BCUT2D eigenvalue weighted by Crippen LogP contribution is 2.38. The van der Waals surface area contributed by atoms with Gasteiger partial charge in [-0.3, -0.25) is 48.1 Å². The zero-order valence-corrected chi connectivity index (χ0v) is 52.8. The van der Waals surface area contributed by atoms with Crippen LogP contribution in [-0.2, 0) is 73.4 Å². The summed E-state index contributed by atoms with van der Waals surface area (Å²) in [5, 5.41) is 42.5. The normalized spacial score (nSPS) is 25.0. The zero-order chi connectivity index (χ0) is 66.6. The van der Waals surface area contributed by atoms with Crippen molar-refractivity contribution in [1.29, 1.82) is 0 Å². The molecule has 4 aliphatic rings. The van der Waals surface area contributed by atoms with E-state index in [9.17, 15) is 68.1 Å². The Kier molecular flexibility index (Phi) is 27.2. The lowest BCUT2D eigenvalue weighted by Gasteiger charge is -2.39. The van der Waals surface area contributed by atoms with E-state index in [4.69, 9.17) is 29.4 Å². The van der Waals surface area contributed by atoms with Crippen LogP contribution < -0.4 is 27.0 Å². The van der Waals surface area contributed by atoms with E-state index in [0.717, 1.165) is 4.90 Å². The van der Waals surface area contributed by atoms with Gasteiger partial charge < -0.3 is 75.8 Å².